The molecule has 0 radical (unpaired) electrons. The minimum Gasteiger partial charge on any atom is -0.465 e. The third-order valence-corrected chi connectivity index (χ3v) is 3.09. The van der Waals surface area contributed by atoms with Crippen molar-refractivity contribution in [3.8, 4) is 0 Å². The summed E-state index contributed by atoms with van der Waals surface area (Å²) < 4.78 is 5.27. The Bertz CT molecular complexity index is 368. The van der Waals surface area contributed by atoms with E-state index >= 15 is 0 Å². The van der Waals surface area contributed by atoms with Crippen LogP contribution in [0.5, 0.6) is 0 Å². The molecule has 0 bridgehead atoms. The molecule has 1 rings (SSSR count). The first-order chi connectivity index (χ1) is 9.11. The molecule has 114 valence electrons. The largest absolute Gasteiger partial charge is 0.465 e. The fraction of sp³-hybridized carbons (Fsp3) is 0.562. The third-order valence-electron chi connectivity index (χ3n) is 3.09. The van der Waals surface area contributed by atoms with Gasteiger partial charge in [-0.2, -0.15) is 0 Å². The molecule has 1 aromatic rings. The van der Waals surface area contributed by atoms with Crippen LogP contribution < -0.4 is 5.73 Å². The maximum Gasteiger partial charge on any atom is 0.306 e. The normalized spacial score (nSPS) is 11.8. The topological polar surface area (TPSA) is 52.3 Å². The molecule has 1 aromatic carbocycles. The molecule has 0 aliphatic heterocycles. The molecule has 0 fully saturated rings. The van der Waals surface area contributed by atoms with E-state index < -0.39 is 0 Å². The van der Waals surface area contributed by atoms with Crippen LogP contribution in [0.1, 0.15) is 32.3 Å². The molecule has 0 aliphatic rings. The van der Waals surface area contributed by atoms with Crippen molar-refractivity contribution in [2.24, 2.45) is 17.6 Å². The van der Waals surface area contributed by atoms with E-state index in [1.54, 1.807) is 0 Å². The molecule has 0 heterocycles. The highest BCUT2D eigenvalue weighted by atomic mass is 35.5. The Morgan fingerprint density at radius 3 is 2.45 bits per heavy atom. The Hall–Kier alpha value is -1.06. The number of ether oxygens (including phenoxy) is 1. The Balaban J connectivity index is 0.00000361. The monoisotopic (exact) mass is 299 g/mol. The second-order valence-corrected chi connectivity index (χ2v) is 5.39. The van der Waals surface area contributed by atoms with E-state index in [-0.39, 0.29) is 24.3 Å². The van der Waals surface area contributed by atoms with Gasteiger partial charge in [0.15, 0.2) is 0 Å². The van der Waals surface area contributed by atoms with E-state index in [1.807, 2.05) is 30.3 Å². The lowest BCUT2D eigenvalue weighted by Crippen LogP contribution is -2.21. The van der Waals surface area contributed by atoms with Crippen molar-refractivity contribution in [3.05, 3.63) is 35.9 Å². The number of hydrogen-bond donors (Lipinski definition) is 1. The van der Waals surface area contributed by atoms with Gasteiger partial charge in [-0.3, -0.25) is 4.79 Å². The van der Waals surface area contributed by atoms with E-state index in [4.69, 9.17) is 10.5 Å². The van der Waals surface area contributed by atoms with Crippen molar-refractivity contribution in [2.45, 2.75) is 33.1 Å². The van der Waals surface area contributed by atoms with Crippen molar-refractivity contribution in [2.75, 3.05) is 13.2 Å². The van der Waals surface area contributed by atoms with Crippen molar-refractivity contribution < 1.29 is 9.53 Å². The van der Waals surface area contributed by atoms with Gasteiger partial charge in [-0.05, 0) is 30.4 Å². The van der Waals surface area contributed by atoms with Crippen LogP contribution in [0.15, 0.2) is 30.3 Å². The van der Waals surface area contributed by atoms with Crippen LogP contribution in [0, 0.1) is 11.8 Å². The molecule has 3 nitrogen and oxygen atoms in total. The summed E-state index contributed by atoms with van der Waals surface area (Å²) in [5.41, 5.74) is 6.87. The van der Waals surface area contributed by atoms with Crippen molar-refractivity contribution in [1.29, 1.82) is 0 Å². The average Bonchev–Trinajstić information content (AvgIpc) is 2.38. The quantitative estimate of drug-likeness (QED) is 0.750. The van der Waals surface area contributed by atoms with Gasteiger partial charge < -0.3 is 10.5 Å². The van der Waals surface area contributed by atoms with Crippen molar-refractivity contribution in [3.63, 3.8) is 0 Å². The SMILES string of the molecule is CC(C)C[C@H](CN)CC(=O)OCCc1ccccc1.Cl. The van der Waals surface area contributed by atoms with Crippen LogP contribution in [0.25, 0.3) is 0 Å². The molecule has 0 unspecified atom stereocenters. The molecule has 0 saturated heterocycles. The lowest BCUT2D eigenvalue weighted by atomic mass is 9.94. The van der Waals surface area contributed by atoms with Gasteiger partial charge in [0.2, 0.25) is 0 Å². The molecule has 0 aromatic heterocycles. The Morgan fingerprint density at radius 1 is 1.25 bits per heavy atom. The minimum atomic E-state index is -0.132. The van der Waals surface area contributed by atoms with Crippen LogP contribution in [-0.4, -0.2) is 19.1 Å². The van der Waals surface area contributed by atoms with Crippen LogP contribution in [0.2, 0.25) is 0 Å². The summed E-state index contributed by atoms with van der Waals surface area (Å²) in [5, 5.41) is 0. The Kier molecular flexibility index (Phi) is 10.1. The summed E-state index contributed by atoms with van der Waals surface area (Å²) in [7, 11) is 0. The molecule has 0 spiro atoms. The van der Waals surface area contributed by atoms with Gasteiger partial charge in [-0.1, -0.05) is 44.2 Å². The van der Waals surface area contributed by atoms with Gasteiger partial charge >= 0.3 is 5.97 Å². The zero-order valence-electron chi connectivity index (χ0n) is 12.4. The highest BCUT2D eigenvalue weighted by Gasteiger charge is 2.14. The van der Waals surface area contributed by atoms with Crippen LogP contribution >= 0.6 is 12.4 Å². The van der Waals surface area contributed by atoms with E-state index in [2.05, 4.69) is 13.8 Å². The zero-order chi connectivity index (χ0) is 14.1. The fourth-order valence-corrected chi connectivity index (χ4v) is 2.15. The molecule has 4 heteroatoms. The smallest absolute Gasteiger partial charge is 0.306 e. The van der Waals surface area contributed by atoms with Gasteiger partial charge in [-0.25, -0.2) is 0 Å². The Morgan fingerprint density at radius 2 is 1.90 bits per heavy atom. The summed E-state index contributed by atoms with van der Waals surface area (Å²) >= 11 is 0. The molecular formula is C16H26ClNO2. The summed E-state index contributed by atoms with van der Waals surface area (Å²) in [5.74, 6) is 0.668. The number of nitrogens with two attached hydrogens (primary N) is 1. The Labute approximate surface area is 128 Å². The van der Waals surface area contributed by atoms with E-state index in [0.717, 1.165) is 12.8 Å². The van der Waals surface area contributed by atoms with E-state index in [9.17, 15) is 4.79 Å². The first-order valence-corrected chi connectivity index (χ1v) is 7.01. The number of carbonyl (C=O) groups is 1. The lowest BCUT2D eigenvalue weighted by Gasteiger charge is -2.16. The number of carbonyl (C=O) groups excluding carboxylic acids is 1. The van der Waals surface area contributed by atoms with Crippen LogP contribution in [0.4, 0.5) is 0 Å². The molecule has 0 saturated carbocycles. The molecule has 2 N–H and O–H groups in total. The van der Waals surface area contributed by atoms with Crippen LogP contribution in [-0.2, 0) is 16.0 Å². The molecular weight excluding hydrogens is 274 g/mol. The minimum absolute atomic E-state index is 0. The highest BCUT2D eigenvalue weighted by molar-refractivity contribution is 5.85. The average molecular weight is 300 g/mol. The van der Waals surface area contributed by atoms with Gasteiger partial charge in [0.05, 0.1) is 6.61 Å². The second-order valence-electron chi connectivity index (χ2n) is 5.39. The number of halogens is 1. The third kappa shape index (κ3) is 8.18. The van der Waals surface area contributed by atoms with Gasteiger partial charge in [0.1, 0.15) is 0 Å². The molecule has 1 atom stereocenters. The number of rotatable bonds is 8. The van der Waals surface area contributed by atoms with Crippen LogP contribution in [0.3, 0.4) is 0 Å². The summed E-state index contributed by atoms with van der Waals surface area (Å²) in [6.07, 6.45) is 2.18. The zero-order valence-corrected chi connectivity index (χ0v) is 13.2. The van der Waals surface area contributed by atoms with Crippen molar-refractivity contribution in [1.82, 2.24) is 0 Å². The summed E-state index contributed by atoms with van der Waals surface area (Å²) in [6, 6.07) is 10.0. The first-order valence-electron chi connectivity index (χ1n) is 7.01. The second kappa shape index (κ2) is 10.7. The number of esters is 1. The number of hydrogen-bond acceptors (Lipinski definition) is 3. The maximum absolute atomic E-state index is 11.7. The molecule has 0 aliphatic carbocycles. The lowest BCUT2D eigenvalue weighted by molar-refractivity contribution is -0.144. The highest BCUT2D eigenvalue weighted by Crippen LogP contribution is 2.14. The number of benzene rings is 1. The van der Waals surface area contributed by atoms with E-state index in [0.29, 0.717) is 25.5 Å². The van der Waals surface area contributed by atoms with E-state index in [1.165, 1.54) is 5.56 Å². The standard InChI is InChI=1S/C16H25NO2.ClH/c1-13(2)10-15(12-17)11-16(18)19-9-8-14-6-4-3-5-7-14;/h3-7,13,15H,8-12,17H2,1-2H3;1H/t15-;/m0./s1. The van der Waals surface area contributed by atoms with Crippen molar-refractivity contribution >= 4 is 18.4 Å². The maximum atomic E-state index is 11.7. The predicted molar refractivity (Wildman–Crippen MR) is 85.0 cm³/mol. The van der Waals surface area contributed by atoms with Gasteiger partial charge in [0.25, 0.3) is 0 Å². The fourth-order valence-electron chi connectivity index (χ4n) is 2.15. The molecule has 20 heavy (non-hydrogen) atoms. The summed E-state index contributed by atoms with van der Waals surface area (Å²) in [4.78, 5) is 11.7. The molecule has 0 amide bonds. The summed E-state index contributed by atoms with van der Waals surface area (Å²) in [6.45, 7) is 5.28. The predicted octanol–water partition coefficient (Wildman–Crippen LogP) is 3.21. The first kappa shape index (κ1) is 18.9. The van der Waals surface area contributed by atoms with Gasteiger partial charge in [-0.15, -0.1) is 12.4 Å². The van der Waals surface area contributed by atoms with Gasteiger partial charge in [0, 0.05) is 12.8 Å².